The van der Waals surface area contributed by atoms with Gasteiger partial charge < -0.3 is 4.74 Å². The molecule has 0 saturated carbocycles. The van der Waals surface area contributed by atoms with E-state index in [9.17, 15) is 4.79 Å². The van der Waals surface area contributed by atoms with E-state index in [2.05, 4.69) is 77.0 Å². The van der Waals surface area contributed by atoms with E-state index in [4.69, 9.17) is 34.8 Å². The van der Waals surface area contributed by atoms with Crippen molar-refractivity contribution in [3.63, 3.8) is 0 Å². The van der Waals surface area contributed by atoms with Crippen molar-refractivity contribution in [1.29, 1.82) is 0 Å². The predicted octanol–water partition coefficient (Wildman–Crippen LogP) is 16.0. The highest BCUT2D eigenvalue weighted by Crippen LogP contribution is 2.40. The molecule has 2 unspecified atom stereocenters. The van der Waals surface area contributed by atoms with Gasteiger partial charge in [-0.15, -0.1) is 10.2 Å². The van der Waals surface area contributed by atoms with Crippen molar-refractivity contribution in [2.45, 2.75) is 106 Å². The molecule has 3 heterocycles. The molecule has 4 rings (SSSR count). The van der Waals surface area contributed by atoms with E-state index in [0.717, 1.165) is 90.9 Å². The Hall–Kier alpha value is -2.92. The molecule has 1 aromatic heterocycles. The number of carbonyl (C=O) groups excluding carboxylic acids is 1. The molecule has 11 heteroatoms. The molecule has 0 radical (unpaired) electrons. The number of allylic oxidation sites excluding steroid dienone is 10. The smallest absolute Gasteiger partial charge is 0.151 e. The number of hydrogen-bond donors (Lipinski definition) is 0. The van der Waals surface area contributed by atoms with E-state index >= 15 is 0 Å². The Morgan fingerprint density at radius 2 is 1.52 bits per heavy atom. The van der Waals surface area contributed by atoms with Crippen molar-refractivity contribution in [1.82, 2.24) is 20.0 Å². The lowest BCUT2D eigenvalue weighted by atomic mass is 9.92. The summed E-state index contributed by atoms with van der Waals surface area (Å²) in [4.78, 5) is 15.8. The summed E-state index contributed by atoms with van der Waals surface area (Å²) < 4.78 is 4.54. The minimum Gasteiger partial charge on any atom is -0.385 e. The zero-order valence-corrected chi connectivity index (χ0v) is 44.5. The second kappa shape index (κ2) is 43.0. The zero-order chi connectivity index (χ0) is 48.6. The highest BCUT2D eigenvalue weighted by molar-refractivity contribution is 8.77. The number of methoxy groups -OCH3 is 1. The molecule has 0 bridgehead atoms. The first-order chi connectivity index (χ1) is 30.4. The van der Waals surface area contributed by atoms with Crippen LogP contribution in [0.25, 0.3) is 0 Å². The minimum absolute atomic E-state index is 0.269. The summed E-state index contributed by atoms with van der Waals surface area (Å²) in [6.07, 6.45) is 18.3. The van der Waals surface area contributed by atoms with E-state index in [1.165, 1.54) is 17.6 Å². The third kappa shape index (κ3) is 30.0. The van der Waals surface area contributed by atoms with Crippen molar-refractivity contribution in [2.24, 2.45) is 5.92 Å². The van der Waals surface area contributed by atoms with E-state index in [0.29, 0.717) is 16.1 Å². The van der Waals surface area contributed by atoms with Crippen LogP contribution in [0.1, 0.15) is 94.6 Å². The first kappa shape index (κ1) is 64.4. The first-order valence-electron chi connectivity index (χ1n) is 21.9. The van der Waals surface area contributed by atoms with Gasteiger partial charge in [0.25, 0.3) is 0 Å². The van der Waals surface area contributed by atoms with Crippen LogP contribution in [0.5, 0.6) is 0 Å². The molecule has 2 aromatic rings. The van der Waals surface area contributed by atoms with Crippen LogP contribution in [0.2, 0.25) is 10.2 Å². The molecule has 63 heavy (non-hydrogen) atoms. The van der Waals surface area contributed by atoms with Gasteiger partial charge in [0, 0.05) is 61.7 Å². The van der Waals surface area contributed by atoms with Gasteiger partial charge in [-0.05, 0) is 110 Å². The zero-order valence-electron chi connectivity index (χ0n) is 40.6. The van der Waals surface area contributed by atoms with Crippen LogP contribution in [0.4, 0.5) is 0 Å². The molecule has 1 aromatic carbocycles. The number of benzene rings is 1. The van der Waals surface area contributed by atoms with Gasteiger partial charge in [0.1, 0.15) is 11.3 Å². The number of hydrogen-bond acceptors (Lipinski definition) is 8. The van der Waals surface area contributed by atoms with Crippen LogP contribution >= 0.6 is 56.4 Å². The largest absolute Gasteiger partial charge is 0.385 e. The minimum atomic E-state index is 0.269. The molecule has 352 valence electrons. The van der Waals surface area contributed by atoms with Gasteiger partial charge >= 0.3 is 0 Å². The van der Waals surface area contributed by atoms with E-state index in [1.807, 2.05) is 117 Å². The van der Waals surface area contributed by atoms with Crippen LogP contribution in [-0.2, 0) is 16.1 Å². The van der Waals surface area contributed by atoms with E-state index in [1.54, 1.807) is 46.9 Å². The topological polar surface area (TPSA) is 58.6 Å². The molecule has 2 saturated heterocycles. The van der Waals surface area contributed by atoms with Crippen molar-refractivity contribution in [3.05, 3.63) is 160 Å². The van der Waals surface area contributed by atoms with Crippen LogP contribution < -0.4 is 0 Å². The molecule has 0 aliphatic carbocycles. The standard InChI is InChI=1S/C18H17Cl2N3OS2.C16H22ClN.C9H14.C3H8O.3C2H6/c19-15-4-2-1-3-13(15)11-23-9-7-16(14(12-23)8-10-24)25-26-18-6-5-17(20)21-22-18;1-5-8-15-12-18(10-9-13(15)4)11-14(6-2)16(17)7-3;1-5-6-7-9(4)8(2)3;1-3-4-2;3*1-2/h1-6,8,10,16H,7,9,11-12H2;5-8,13H,1-3,9-12H2,4H3;5-7H,2H2,1,3-4H3;3H2,1-2H3;3*1-2H3/b14-8-;15-8-,16-14-;6-5-,9-7-;;;;. The van der Waals surface area contributed by atoms with Crippen LogP contribution in [0.15, 0.2) is 149 Å². The quantitative estimate of drug-likeness (QED) is 0.0803. The highest BCUT2D eigenvalue weighted by Gasteiger charge is 2.25. The van der Waals surface area contributed by atoms with Crippen molar-refractivity contribution < 1.29 is 9.53 Å². The lowest BCUT2D eigenvalue weighted by Crippen LogP contribution is -2.36. The Morgan fingerprint density at radius 1 is 0.905 bits per heavy atom. The molecule has 2 aliphatic heterocycles. The van der Waals surface area contributed by atoms with Crippen LogP contribution in [0, 0.1) is 5.92 Å². The van der Waals surface area contributed by atoms with Gasteiger partial charge in [-0.3, -0.25) is 14.6 Å². The number of halogens is 3. The number of piperidine rings is 2. The van der Waals surface area contributed by atoms with Gasteiger partial charge in [-0.2, -0.15) is 0 Å². The third-order valence-corrected chi connectivity index (χ3v) is 12.6. The average Bonchev–Trinajstić information content (AvgIpc) is 3.31. The molecule has 2 aliphatic rings. The van der Waals surface area contributed by atoms with Gasteiger partial charge in [-0.25, -0.2) is 0 Å². The maximum absolute atomic E-state index is 11.1. The summed E-state index contributed by atoms with van der Waals surface area (Å²) in [7, 11) is 4.95. The number of aromatic nitrogens is 2. The maximum Gasteiger partial charge on any atom is 0.151 e. The number of likely N-dealkylation sites (tertiary alicyclic amines) is 2. The second-order valence-corrected chi connectivity index (χ2v) is 16.8. The lowest BCUT2D eigenvalue weighted by Gasteiger charge is -2.33. The Morgan fingerprint density at radius 3 is 2.03 bits per heavy atom. The molecular weight excluding hydrogens is 883 g/mol. The fourth-order valence-electron chi connectivity index (χ4n) is 5.29. The maximum atomic E-state index is 11.1. The second-order valence-electron chi connectivity index (χ2n) is 13.2. The predicted molar refractivity (Wildman–Crippen MR) is 287 cm³/mol. The van der Waals surface area contributed by atoms with Crippen LogP contribution in [-0.4, -0.2) is 78.0 Å². The molecule has 6 nitrogen and oxygen atoms in total. The van der Waals surface area contributed by atoms with Crippen molar-refractivity contribution >= 4 is 62.7 Å². The first-order valence-corrected chi connectivity index (χ1v) is 25.3. The summed E-state index contributed by atoms with van der Waals surface area (Å²) in [5.41, 5.74) is 7.09. The normalized spacial score (nSPS) is 17.7. The Kier molecular flexibility index (Phi) is 43.9. The highest BCUT2D eigenvalue weighted by atomic mass is 35.5. The Labute approximate surface area is 407 Å². The molecular formula is C52H79Cl3N4O2S2. The summed E-state index contributed by atoms with van der Waals surface area (Å²) in [5, 5.41) is 10.8. The van der Waals surface area contributed by atoms with Crippen molar-refractivity contribution in [2.75, 3.05) is 46.4 Å². The van der Waals surface area contributed by atoms with E-state index in [-0.39, 0.29) is 5.25 Å². The molecule has 0 spiro atoms. The lowest BCUT2D eigenvalue weighted by molar-refractivity contribution is -0.104. The fourth-order valence-corrected chi connectivity index (χ4v) is 8.18. The van der Waals surface area contributed by atoms with Crippen LogP contribution in [0.3, 0.4) is 0 Å². The Balaban J connectivity index is -0.000000843. The van der Waals surface area contributed by atoms with Gasteiger partial charge in [0.2, 0.25) is 0 Å². The number of nitrogens with zero attached hydrogens (tertiary/aromatic N) is 4. The number of carbonyl (C=O) groups is 1. The Bertz CT molecular complexity index is 1720. The monoisotopic (exact) mass is 960 g/mol. The molecule has 0 amide bonds. The average molecular weight is 963 g/mol. The summed E-state index contributed by atoms with van der Waals surface area (Å²) in [6, 6.07) is 11.5. The SMILES string of the molecule is C=C(C)/C(C)=C\C=C/C.C=C/C=C1/CN(C/C(C=C)=C(\Cl)C=C)CCC1C.CC.CC.CC.CCOC.O=C/C=C1/CN(Cc2ccccc2Cl)CCC1SSc1ccc(Cl)nn1. The van der Waals surface area contributed by atoms with E-state index < -0.39 is 0 Å². The van der Waals surface area contributed by atoms with Gasteiger partial charge in [0.05, 0.1) is 0 Å². The van der Waals surface area contributed by atoms with Gasteiger partial charge in [0.15, 0.2) is 5.15 Å². The number of aldehydes is 1. The van der Waals surface area contributed by atoms with Crippen molar-refractivity contribution in [3.8, 4) is 0 Å². The summed E-state index contributed by atoms with van der Waals surface area (Å²) in [5.74, 6) is 0.644. The fraction of sp³-hybridized carbons (Fsp3) is 0.442. The number of ether oxygens (including phenoxy) is 1. The van der Waals surface area contributed by atoms with Gasteiger partial charge in [-0.1, -0.05) is 192 Å². The molecule has 2 fully saturated rings. The summed E-state index contributed by atoms with van der Waals surface area (Å²) in [6.45, 7) is 43.6. The molecule has 0 N–H and O–H groups in total. The molecule has 2 atom stereocenters. The summed E-state index contributed by atoms with van der Waals surface area (Å²) >= 11 is 18.1. The third-order valence-electron chi connectivity index (χ3n) is 8.89. The number of rotatable bonds is 14.